The average Bonchev–Trinajstić information content (AvgIpc) is 3.32. The van der Waals surface area contributed by atoms with E-state index in [-0.39, 0.29) is 17.2 Å². The number of rotatable bonds is 10. The van der Waals surface area contributed by atoms with Crippen molar-refractivity contribution in [3.63, 3.8) is 0 Å². The molecular weight excluding hydrogens is 400 g/mol. The summed E-state index contributed by atoms with van der Waals surface area (Å²) in [4.78, 5) is 25.0. The molecule has 0 atom stereocenters. The minimum Gasteiger partial charge on any atom is -0.494 e. The molecule has 1 aromatic carbocycles. The maximum Gasteiger partial charge on any atom is 0.261 e. The Morgan fingerprint density at radius 3 is 2.57 bits per heavy atom. The number of carbonyl (C=O) groups excluding carboxylic acids is 2. The molecule has 1 fully saturated rings. The van der Waals surface area contributed by atoms with E-state index in [1.807, 2.05) is 30.5 Å². The fourth-order valence-electron chi connectivity index (χ4n) is 3.70. The Kier molecular flexibility index (Phi) is 8.28. The van der Waals surface area contributed by atoms with E-state index in [0.717, 1.165) is 18.6 Å². The maximum absolute atomic E-state index is 12.4. The first-order valence-electron chi connectivity index (χ1n) is 10.5. The fourth-order valence-corrected chi connectivity index (χ4v) is 4.34. The number of benzene rings is 1. The second kappa shape index (κ2) is 11.1. The molecule has 0 unspecified atom stereocenters. The molecule has 6 nitrogen and oxygen atoms in total. The van der Waals surface area contributed by atoms with Gasteiger partial charge < -0.3 is 20.1 Å². The number of carbonyl (C=O) groups is 2. The Bertz CT molecular complexity index is 799. The van der Waals surface area contributed by atoms with Crippen molar-refractivity contribution in [1.82, 2.24) is 10.6 Å². The first-order chi connectivity index (χ1) is 14.6. The summed E-state index contributed by atoms with van der Waals surface area (Å²) in [5.74, 6) is 0.788. The third-order valence-electron chi connectivity index (χ3n) is 5.46. The summed E-state index contributed by atoms with van der Waals surface area (Å²) in [6.45, 7) is 5.07. The molecular formula is C23H30N2O4S. The van der Waals surface area contributed by atoms with Crippen LogP contribution in [0.1, 0.15) is 47.8 Å². The van der Waals surface area contributed by atoms with Gasteiger partial charge in [-0.15, -0.1) is 11.3 Å². The van der Waals surface area contributed by atoms with Gasteiger partial charge in [-0.25, -0.2) is 0 Å². The standard InChI is InChI=1S/C23H30N2O4S/c1-2-29-19-9-7-18(8-10-19)23(11-14-28-15-12-23)17-25-21(26)6-3-13-24-22(27)20-5-4-16-30-20/h4-5,7-10,16H,2-3,6,11-15,17H2,1H3,(H,24,27)(H,25,26). The lowest BCUT2D eigenvalue weighted by Gasteiger charge is -2.38. The van der Waals surface area contributed by atoms with Gasteiger partial charge in [-0.2, -0.15) is 0 Å². The van der Waals surface area contributed by atoms with Crippen molar-refractivity contribution < 1.29 is 19.1 Å². The van der Waals surface area contributed by atoms with Crippen molar-refractivity contribution in [2.45, 2.75) is 38.0 Å². The van der Waals surface area contributed by atoms with Gasteiger partial charge in [0.05, 0.1) is 11.5 Å². The van der Waals surface area contributed by atoms with E-state index < -0.39 is 0 Å². The van der Waals surface area contributed by atoms with Gasteiger partial charge in [0.2, 0.25) is 5.91 Å². The van der Waals surface area contributed by atoms with Crippen LogP contribution in [0, 0.1) is 0 Å². The molecule has 2 heterocycles. The van der Waals surface area contributed by atoms with Crippen LogP contribution in [-0.4, -0.2) is 44.7 Å². The van der Waals surface area contributed by atoms with Gasteiger partial charge in [-0.3, -0.25) is 9.59 Å². The van der Waals surface area contributed by atoms with Crippen LogP contribution in [0.4, 0.5) is 0 Å². The van der Waals surface area contributed by atoms with Gasteiger partial charge in [0.15, 0.2) is 0 Å². The number of thiophene rings is 1. The quantitative estimate of drug-likeness (QED) is 0.566. The van der Waals surface area contributed by atoms with Gasteiger partial charge in [-0.05, 0) is 55.3 Å². The molecule has 2 amide bonds. The van der Waals surface area contributed by atoms with E-state index >= 15 is 0 Å². The van der Waals surface area contributed by atoms with Crippen molar-refractivity contribution in [3.05, 3.63) is 52.2 Å². The minimum atomic E-state index is -0.119. The summed E-state index contributed by atoms with van der Waals surface area (Å²) in [5.41, 5.74) is 1.09. The van der Waals surface area contributed by atoms with E-state index in [0.29, 0.717) is 50.6 Å². The lowest BCUT2D eigenvalue weighted by molar-refractivity contribution is -0.121. The Labute approximate surface area is 182 Å². The second-order valence-electron chi connectivity index (χ2n) is 7.46. The summed E-state index contributed by atoms with van der Waals surface area (Å²) < 4.78 is 11.1. The fraction of sp³-hybridized carbons (Fsp3) is 0.478. The molecule has 0 radical (unpaired) electrons. The molecule has 0 aliphatic carbocycles. The molecule has 0 bridgehead atoms. The molecule has 7 heteroatoms. The maximum atomic E-state index is 12.4. The highest BCUT2D eigenvalue weighted by Crippen LogP contribution is 2.35. The van der Waals surface area contributed by atoms with Crippen molar-refractivity contribution in [2.75, 3.05) is 32.9 Å². The Balaban J connectivity index is 1.48. The van der Waals surface area contributed by atoms with E-state index in [4.69, 9.17) is 9.47 Å². The summed E-state index contributed by atoms with van der Waals surface area (Å²) >= 11 is 1.41. The Hall–Kier alpha value is -2.38. The van der Waals surface area contributed by atoms with Gasteiger partial charge >= 0.3 is 0 Å². The molecule has 1 saturated heterocycles. The van der Waals surface area contributed by atoms with Crippen molar-refractivity contribution in [2.24, 2.45) is 0 Å². The molecule has 2 aromatic rings. The van der Waals surface area contributed by atoms with Crippen LogP contribution in [0.15, 0.2) is 41.8 Å². The van der Waals surface area contributed by atoms with E-state index in [1.54, 1.807) is 6.07 Å². The highest BCUT2D eigenvalue weighted by atomic mass is 32.1. The minimum absolute atomic E-state index is 0.0113. The van der Waals surface area contributed by atoms with Crippen LogP contribution in [0.5, 0.6) is 5.75 Å². The first-order valence-corrected chi connectivity index (χ1v) is 11.4. The van der Waals surface area contributed by atoms with E-state index in [9.17, 15) is 9.59 Å². The lowest BCUT2D eigenvalue weighted by Crippen LogP contribution is -2.44. The summed E-state index contributed by atoms with van der Waals surface area (Å²) in [6, 6.07) is 11.8. The molecule has 0 saturated carbocycles. The average molecular weight is 431 g/mol. The van der Waals surface area contributed by atoms with E-state index in [2.05, 4.69) is 22.8 Å². The van der Waals surface area contributed by atoms with Gasteiger partial charge in [0.1, 0.15) is 5.75 Å². The van der Waals surface area contributed by atoms with Crippen LogP contribution in [0.3, 0.4) is 0 Å². The number of amides is 2. The van der Waals surface area contributed by atoms with Crippen molar-refractivity contribution in [3.8, 4) is 5.75 Å². The zero-order valence-electron chi connectivity index (χ0n) is 17.4. The predicted octanol–water partition coefficient (Wildman–Crippen LogP) is 3.52. The molecule has 30 heavy (non-hydrogen) atoms. The molecule has 1 aliphatic rings. The van der Waals surface area contributed by atoms with Crippen molar-refractivity contribution >= 4 is 23.2 Å². The summed E-state index contributed by atoms with van der Waals surface area (Å²) in [5, 5.41) is 7.84. The number of nitrogens with one attached hydrogen (secondary N) is 2. The number of ether oxygens (including phenoxy) is 2. The lowest BCUT2D eigenvalue weighted by atomic mass is 9.74. The molecule has 2 N–H and O–H groups in total. The Morgan fingerprint density at radius 2 is 1.90 bits per heavy atom. The van der Waals surface area contributed by atoms with Crippen LogP contribution in [0.2, 0.25) is 0 Å². The Morgan fingerprint density at radius 1 is 1.13 bits per heavy atom. The number of hydrogen-bond acceptors (Lipinski definition) is 5. The molecule has 1 aliphatic heterocycles. The normalized spacial score (nSPS) is 15.4. The number of hydrogen-bond donors (Lipinski definition) is 2. The SMILES string of the molecule is CCOc1ccc(C2(CNC(=O)CCCNC(=O)c3cccs3)CCOCC2)cc1. The first kappa shape index (κ1) is 22.3. The largest absolute Gasteiger partial charge is 0.494 e. The van der Waals surface area contributed by atoms with Gasteiger partial charge in [0.25, 0.3) is 5.91 Å². The van der Waals surface area contributed by atoms with Crippen molar-refractivity contribution in [1.29, 1.82) is 0 Å². The topological polar surface area (TPSA) is 76.7 Å². The predicted molar refractivity (Wildman–Crippen MR) is 118 cm³/mol. The monoisotopic (exact) mass is 430 g/mol. The molecule has 1 aromatic heterocycles. The van der Waals surface area contributed by atoms with E-state index in [1.165, 1.54) is 16.9 Å². The molecule has 3 rings (SSSR count). The molecule has 162 valence electrons. The highest BCUT2D eigenvalue weighted by molar-refractivity contribution is 7.12. The van der Waals surface area contributed by atoms with Gasteiger partial charge in [0, 0.05) is 38.1 Å². The second-order valence-corrected chi connectivity index (χ2v) is 8.41. The van der Waals surface area contributed by atoms with Crippen LogP contribution < -0.4 is 15.4 Å². The van der Waals surface area contributed by atoms with Gasteiger partial charge in [-0.1, -0.05) is 18.2 Å². The van der Waals surface area contributed by atoms with Crippen LogP contribution in [-0.2, 0) is 14.9 Å². The summed E-state index contributed by atoms with van der Waals surface area (Å²) in [6.07, 6.45) is 2.75. The highest BCUT2D eigenvalue weighted by Gasteiger charge is 2.34. The van der Waals surface area contributed by atoms with Crippen LogP contribution >= 0.6 is 11.3 Å². The smallest absolute Gasteiger partial charge is 0.261 e. The van der Waals surface area contributed by atoms with Crippen LogP contribution in [0.25, 0.3) is 0 Å². The third-order valence-corrected chi connectivity index (χ3v) is 6.33. The third kappa shape index (κ3) is 6.06. The zero-order chi connectivity index (χ0) is 21.2. The zero-order valence-corrected chi connectivity index (χ0v) is 18.3. The molecule has 0 spiro atoms. The summed E-state index contributed by atoms with van der Waals surface area (Å²) in [7, 11) is 0.